The molecule has 27 heavy (non-hydrogen) atoms. The lowest BCUT2D eigenvalue weighted by atomic mass is 9.79. The van der Waals surface area contributed by atoms with E-state index < -0.39 is 49.2 Å². The third-order valence-electron chi connectivity index (χ3n) is 6.30. The first-order chi connectivity index (χ1) is 12.5. The Hall–Kier alpha value is -1.79. The Bertz CT molecular complexity index is 988. The summed E-state index contributed by atoms with van der Waals surface area (Å²) in [5, 5.41) is 7.97. The molecule has 0 amide bonds. The third kappa shape index (κ3) is 2.23. The van der Waals surface area contributed by atoms with Crippen LogP contribution in [0.25, 0.3) is 0 Å². The number of alkyl halides is 3. The fraction of sp³-hybridized carbons (Fsp3) is 0.529. The molecule has 0 N–H and O–H groups in total. The van der Waals surface area contributed by atoms with Crippen molar-refractivity contribution in [2.45, 2.75) is 30.2 Å². The topological polar surface area (TPSA) is 78.2 Å². The van der Waals surface area contributed by atoms with Crippen LogP contribution in [0.3, 0.4) is 0 Å². The normalized spacial score (nSPS) is 33.7. The van der Waals surface area contributed by atoms with Crippen molar-refractivity contribution in [3.05, 3.63) is 29.3 Å². The van der Waals surface area contributed by atoms with Gasteiger partial charge in [0.2, 0.25) is 15.3 Å². The molecule has 144 valence electrons. The summed E-state index contributed by atoms with van der Waals surface area (Å²) in [5.41, 5.74) is -2.00. The highest BCUT2D eigenvalue weighted by Gasteiger charge is 2.74. The smallest absolute Gasteiger partial charge is 0.279 e. The Kier molecular flexibility index (Phi) is 3.86. The van der Waals surface area contributed by atoms with Crippen LogP contribution in [0.1, 0.15) is 30.4 Å². The second kappa shape index (κ2) is 5.61. The van der Waals surface area contributed by atoms with Gasteiger partial charge in [-0.15, -0.1) is 0 Å². The number of anilines is 1. The average molecular weight is 419 g/mol. The van der Waals surface area contributed by atoms with Crippen molar-refractivity contribution in [2.24, 2.45) is 17.8 Å². The molecule has 1 aliphatic heterocycles. The van der Waals surface area contributed by atoms with Crippen molar-refractivity contribution < 1.29 is 26.4 Å². The van der Waals surface area contributed by atoms with Crippen LogP contribution in [0.15, 0.2) is 18.2 Å². The highest BCUT2D eigenvalue weighted by atomic mass is 35.5. The summed E-state index contributed by atoms with van der Waals surface area (Å²) < 4.78 is 65.6. The lowest BCUT2D eigenvalue weighted by molar-refractivity contribution is -0.137. The number of rotatable bonds is 2. The molecule has 4 rings (SSSR count). The lowest BCUT2D eigenvalue weighted by Crippen LogP contribution is -2.52. The predicted molar refractivity (Wildman–Crippen MR) is 90.3 cm³/mol. The van der Waals surface area contributed by atoms with Crippen molar-refractivity contribution in [1.29, 1.82) is 5.26 Å². The number of sulfonamides is 1. The number of hydrogen-bond donors (Lipinski definition) is 0. The number of benzene rings is 1. The Balaban J connectivity index is 1.86. The second-order valence-electron chi connectivity index (χ2n) is 7.32. The van der Waals surface area contributed by atoms with Crippen molar-refractivity contribution in [1.82, 2.24) is 0 Å². The Morgan fingerprint density at radius 2 is 2.04 bits per heavy atom. The quantitative estimate of drug-likeness (QED) is 0.690. The van der Waals surface area contributed by atoms with Gasteiger partial charge in [0, 0.05) is 12.5 Å². The van der Waals surface area contributed by atoms with Crippen molar-refractivity contribution >= 4 is 32.6 Å². The molecule has 3 fully saturated rings. The van der Waals surface area contributed by atoms with E-state index in [1.54, 1.807) is 0 Å². The molecule has 5 nitrogen and oxygen atoms in total. The van der Waals surface area contributed by atoms with Gasteiger partial charge in [-0.1, -0.05) is 0 Å². The molecule has 2 aliphatic carbocycles. The van der Waals surface area contributed by atoms with E-state index in [1.807, 2.05) is 0 Å². The predicted octanol–water partition coefficient (Wildman–Crippen LogP) is 3.28. The second-order valence-corrected chi connectivity index (χ2v) is 9.73. The van der Waals surface area contributed by atoms with Crippen molar-refractivity contribution in [3.63, 3.8) is 0 Å². The summed E-state index contributed by atoms with van der Waals surface area (Å²) in [6.07, 6.45) is -2.86. The number of nitrogens with zero attached hydrogens (tertiary/aromatic N) is 2. The maximum absolute atomic E-state index is 13.3. The molecule has 1 saturated heterocycles. The Labute approximate surface area is 158 Å². The van der Waals surface area contributed by atoms with Gasteiger partial charge in [-0.2, -0.15) is 18.4 Å². The van der Waals surface area contributed by atoms with Gasteiger partial charge < -0.3 is 0 Å². The maximum Gasteiger partial charge on any atom is 0.417 e. The van der Waals surface area contributed by atoms with Crippen LogP contribution in [-0.2, 0) is 21.0 Å². The van der Waals surface area contributed by atoms with Crippen LogP contribution < -0.4 is 4.31 Å². The molecular weight excluding hydrogens is 405 g/mol. The molecule has 0 aromatic heterocycles. The van der Waals surface area contributed by atoms with Gasteiger partial charge in [0.25, 0.3) is 0 Å². The van der Waals surface area contributed by atoms with E-state index in [9.17, 15) is 26.4 Å². The molecule has 2 bridgehead atoms. The molecule has 3 aliphatic rings. The summed E-state index contributed by atoms with van der Waals surface area (Å²) in [6.45, 7) is -0.0782. The van der Waals surface area contributed by atoms with Gasteiger partial charge in [-0.25, -0.2) is 8.42 Å². The molecule has 2 saturated carbocycles. The van der Waals surface area contributed by atoms with E-state index in [2.05, 4.69) is 0 Å². The van der Waals surface area contributed by atoms with Gasteiger partial charge in [-0.05, 0) is 60.9 Å². The lowest BCUT2D eigenvalue weighted by Gasteiger charge is -2.33. The molecule has 1 aromatic carbocycles. The largest absolute Gasteiger partial charge is 0.417 e. The molecule has 0 unspecified atom stereocenters. The van der Waals surface area contributed by atoms with E-state index in [0.717, 1.165) is 16.8 Å². The van der Waals surface area contributed by atoms with E-state index >= 15 is 0 Å². The maximum atomic E-state index is 13.3. The third-order valence-corrected chi connectivity index (χ3v) is 9.34. The standard InChI is InChI=1S/C17H14ClF3N2O3S/c18-15(24)16-11-3-1-9(5-11)14(16)8-23(27(16,25)26)12-4-2-10(7-22)13(6-12)17(19,20)21/h2,4,6,9,11,14H,1,3,5,8H2/t9-,11+,14+,16-/m1/s1. The van der Waals surface area contributed by atoms with Crippen LogP contribution in [0.2, 0.25) is 0 Å². The van der Waals surface area contributed by atoms with Gasteiger partial charge in [0.05, 0.1) is 22.9 Å². The molecule has 0 radical (unpaired) electrons. The molecule has 10 heteroatoms. The van der Waals surface area contributed by atoms with E-state index in [1.165, 1.54) is 12.1 Å². The Morgan fingerprint density at radius 1 is 1.33 bits per heavy atom. The van der Waals surface area contributed by atoms with Crippen LogP contribution in [0, 0.1) is 29.1 Å². The minimum absolute atomic E-state index is 0.0120. The highest BCUT2D eigenvalue weighted by Crippen LogP contribution is 2.63. The Morgan fingerprint density at radius 3 is 2.59 bits per heavy atom. The molecule has 0 spiro atoms. The molecule has 4 atom stereocenters. The fourth-order valence-electron chi connectivity index (χ4n) is 5.24. The molecule has 1 aromatic rings. The summed E-state index contributed by atoms with van der Waals surface area (Å²) in [7, 11) is -4.29. The number of carbonyl (C=O) groups is 1. The first-order valence-corrected chi connectivity index (χ1v) is 10.2. The summed E-state index contributed by atoms with van der Waals surface area (Å²) in [5.74, 6) is -0.929. The van der Waals surface area contributed by atoms with Crippen molar-refractivity contribution in [3.8, 4) is 6.07 Å². The number of nitriles is 1. The monoisotopic (exact) mass is 418 g/mol. The van der Waals surface area contributed by atoms with Crippen LogP contribution in [-0.4, -0.2) is 25.0 Å². The number of halogens is 4. The van der Waals surface area contributed by atoms with E-state index in [0.29, 0.717) is 18.9 Å². The van der Waals surface area contributed by atoms with Crippen molar-refractivity contribution in [2.75, 3.05) is 10.8 Å². The van der Waals surface area contributed by atoms with Gasteiger partial charge in [0.1, 0.15) is 0 Å². The average Bonchev–Trinajstić information content (AvgIpc) is 3.23. The van der Waals surface area contributed by atoms with E-state index in [-0.39, 0.29) is 18.2 Å². The minimum atomic E-state index is -4.81. The SMILES string of the molecule is N#Cc1ccc(N2C[C@H]3[C@@H]4CC[C@@H](C4)[C@@]3(C(=O)Cl)S2(=O)=O)cc1C(F)(F)F. The first-order valence-electron chi connectivity index (χ1n) is 8.38. The first kappa shape index (κ1) is 18.6. The van der Waals surface area contributed by atoms with Crippen LogP contribution in [0.5, 0.6) is 0 Å². The van der Waals surface area contributed by atoms with Crippen LogP contribution in [0.4, 0.5) is 18.9 Å². The minimum Gasteiger partial charge on any atom is -0.279 e. The zero-order valence-electron chi connectivity index (χ0n) is 13.8. The number of carbonyl (C=O) groups excluding carboxylic acids is 1. The van der Waals surface area contributed by atoms with Crippen LogP contribution >= 0.6 is 11.6 Å². The summed E-state index contributed by atoms with van der Waals surface area (Å²) in [6, 6.07) is 4.24. The zero-order chi connectivity index (χ0) is 19.8. The fourth-order valence-corrected chi connectivity index (χ4v) is 8.43. The molecule has 1 heterocycles. The molecular formula is C17H14ClF3N2O3S. The van der Waals surface area contributed by atoms with E-state index in [4.69, 9.17) is 16.9 Å². The number of fused-ring (bicyclic) bond motifs is 5. The number of hydrogen-bond acceptors (Lipinski definition) is 4. The van der Waals surface area contributed by atoms with Gasteiger partial charge >= 0.3 is 6.18 Å². The summed E-state index contributed by atoms with van der Waals surface area (Å²) >= 11 is 5.79. The van der Waals surface area contributed by atoms with Gasteiger partial charge in [0.15, 0.2) is 4.75 Å². The highest BCUT2D eigenvalue weighted by molar-refractivity contribution is 7.95. The van der Waals surface area contributed by atoms with Gasteiger partial charge in [-0.3, -0.25) is 9.10 Å². The summed E-state index contributed by atoms with van der Waals surface area (Å²) in [4.78, 5) is 12.3. The zero-order valence-corrected chi connectivity index (χ0v) is 15.4.